The number of benzene rings is 1. The van der Waals surface area contributed by atoms with Gasteiger partial charge in [-0.3, -0.25) is 4.68 Å². The molecule has 0 aliphatic carbocycles. The molecule has 0 bridgehead atoms. The second kappa shape index (κ2) is 7.75. The van der Waals surface area contributed by atoms with E-state index >= 15 is 0 Å². The fourth-order valence-corrected chi connectivity index (χ4v) is 3.75. The number of rotatable bonds is 5. The third-order valence-corrected chi connectivity index (χ3v) is 5.45. The second-order valence-electron chi connectivity index (χ2n) is 7.76. The zero-order chi connectivity index (χ0) is 20.5. The molecule has 5 rings (SSSR count). The molecule has 1 aliphatic rings. The zero-order valence-corrected chi connectivity index (χ0v) is 17.2. The van der Waals surface area contributed by atoms with Gasteiger partial charge in [-0.1, -0.05) is 12.1 Å². The molecule has 4 aromatic rings. The third-order valence-electron chi connectivity index (χ3n) is 5.45. The van der Waals surface area contributed by atoms with Gasteiger partial charge in [0.15, 0.2) is 5.65 Å². The Hall–Kier alpha value is -3.46. The van der Waals surface area contributed by atoms with Crippen LogP contribution in [0.1, 0.15) is 5.56 Å². The quantitative estimate of drug-likeness (QED) is 0.547. The number of piperazine rings is 1. The number of fused-ring (bicyclic) bond motifs is 1. The van der Waals surface area contributed by atoms with Crippen molar-refractivity contribution in [1.82, 2.24) is 34.4 Å². The molecule has 30 heavy (non-hydrogen) atoms. The first-order valence-corrected chi connectivity index (χ1v) is 10.1. The molecule has 1 aromatic carbocycles. The van der Waals surface area contributed by atoms with Crippen molar-refractivity contribution >= 4 is 28.4 Å². The summed E-state index contributed by atoms with van der Waals surface area (Å²) in [5.41, 5.74) is 4.13. The Morgan fingerprint density at radius 3 is 2.67 bits per heavy atom. The van der Waals surface area contributed by atoms with Crippen LogP contribution in [0.15, 0.2) is 49.1 Å². The van der Waals surface area contributed by atoms with E-state index in [2.05, 4.69) is 66.6 Å². The first-order valence-electron chi connectivity index (χ1n) is 10.1. The maximum Gasteiger partial charge on any atom is 0.229 e. The van der Waals surface area contributed by atoms with Crippen molar-refractivity contribution in [3.05, 3.63) is 54.6 Å². The van der Waals surface area contributed by atoms with Crippen LogP contribution in [0, 0.1) is 0 Å². The van der Waals surface area contributed by atoms with E-state index in [0.29, 0.717) is 12.5 Å². The highest BCUT2D eigenvalue weighted by molar-refractivity contribution is 5.75. The van der Waals surface area contributed by atoms with Crippen molar-refractivity contribution in [2.24, 2.45) is 7.05 Å². The molecule has 0 radical (unpaired) electrons. The monoisotopic (exact) mass is 403 g/mol. The molecule has 4 heterocycles. The zero-order valence-electron chi connectivity index (χ0n) is 17.2. The van der Waals surface area contributed by atoms with Gasteiger partial charge >= 0.3 is 0 Å². The van der Waals surface area contributed by atoms with Crippen molar-refractivity contribution < 1.29 is 0 Å². The Labute approximate surface area is 174 Å². The summed E-state index contributed by atoms with van der Waals surface area (Å²) < 4.78 is 3.66. The maximum atomic E-state index is 4.68. The number of aryl methyl sites for hydroxylation is 1. The van der Waals surface area contributed by atoms with Gasteiger partial charge in [-0.15, -0.1) is 0 Å². The summed E-state index contributed by atoms with van der Waals surface area (Å²) in [6.45, 7) is 4.96. The van der Waals surface area contributed by atoms with E-state index in [9.17, 15) is 0 Å². The van der Waals surface area contributed by atoms with Crippen LogP contribution >= 0.6 is 0 Å². The van der Waals surface area contributed by atoms with Gasteiger partial charge < -0.3 is 15.1 Å². The van der Waals surface area contributed by atoms with E-state index < -0.39 is 0 Å². The van der Waals surface area contributed by atoms with Gasteiger partial charge in [0.1, 0.15) is 0 Å². The van der Waals surface area contributed by atoms with E-state index in [-0.39, 0.29) is 0 Å². The number of hydrogen-bond donors (Lipinski definition) is 1. The molecule has 0 amide bonds. The summed E-state index contributed by atoms with van der Waals surface area (Å²) in [6, 6.07) is 8.71. The number of hydrogen-bond acceptors (Lipinski definition) is 7. The molecule has 0 unspecified atom stereocenters. The summed E-state index contributed by atoms with van der Waals surface area (Å²) in [7, 11) is 4.05. The van der Waals surface area contributed by atoms with Crippen molar-refractivity contribution in [1.29, 1.82) is 0 Å². The van der Waals surface area contributed by atoms with Gasteiger partial charge in [-0.25, -0.2) is 9.67 Å². The predicted molar refractivity (Wildman–Crippen MR) is 117 cm³/mol. The van der Waals surface area contributed by atoms with Crippen LogP contribution in [0.5, 0.6) is 0 Å². The maximum absolute atomic E-state index is 4.68. The Balaban J connectivity index is 1.37. The Kier molecular flexibility index (Phi) is 4.80. The molecule has 154 valence electrons. The predicted octanol–water partition coefficient (Wildman–Crippen LogP) is 2.10. The minimum absolute atomic E-state index is 0.531. The lowest BCUT2D eigenvalue weighted by molar-refractivity contribution is 0.313. The van der Waals surface area contributed by atoms with Gasteiger partial charge in [0, 0.05) is 51.3 Å². The van der Waals surface area contributed by atoms with Crippen molar-refractivity contribution in [2.75, 3.05) is 43.4 Å². The van der Waals surface area contributed by atoms with Crippen LogP contribution in [-0.4, -0.2) is 67.7 Å². The number of anilines is 3. The first kappa shape index (κ1) is 18.6. The van der Waals surface area contributed by atoms with E-state index in [1.54, 1.807) is 17.1 Å². The van der Waals surface area contributed by atoms with Crippen molar-refractivity contribution in [3.63, 3.8) is 0 Å². The summed E-state index contributed by atoms with van der Waals surface area (Å²) in [6.07, 6.45) is 7.24. The van der Waals surface area contributed by atoms with Crippen LogP contribution in [0.3, 0.4) is 0 Å². The molecule has 0 saturated carbocycles. The Bertz CT molecular complexity index is 1150. The highest BCUT2D eigenvalue weighted by Gasteiger charge is 2.15. The minimum Gasteiger partial charge on any atom is -0.369 e. The highest BCUT2D eigenvalue weighted by Crippen LogP contribution is 2.20. The summed E-state index contributed by atoms with van der Waals surface area (Å²) in [4.78, 5) is 13.9. The first-order chi connectivity index (χ1) is 14.6. The minimum atomic E-state index is 0.531. The molecule has 9 heteroatoms. The number of nitrogens with zero attached hydrogens (tertiary/aromatic N) is 8. The van der Waals surface area contributed by atoms with Gasteiger partial charge in [0.25, 0.3) is 0 Å². The topological polar surface area (TPSA) is 79.9 Å². The lowest BCUT2D eigenvalue weighted by atomic mass is 10.1. The fourth-order valence-electron chi connectivity index (χ4n) is 3.75. The lowest BCUT2D eigenvalue weighted by Gasteiger charge is -2.34. The van der Waals surface area contributed by atoms with Crippen LogP contribution in [-0.2, 0) is 13.6 Å². The van der Waals surface area contributed by atoms with Crippen molar-refractivity contribution in [2.45, 2.75) is 6.54 Å². The smallest absolute Gasteiger partial charge is 0.229 e. The molecular formula is C21H25N9. The highest BCUT2D eigenvalue weighted by atomic mass is 15.3. The molecular weight excluding hydrogens is 378 g/mol. The van der Waals surface area contributed by atoms with Crippen LogP contribution in [0.25, 0.3) is 11.0 Å². The number of aromatic nitrogens is 6. The Morgan fingerprint density at radius 1 is 1.00 bits per heavy atom. The Morgan fingerprint density at radius 2 is 1.87 bits per heavy atom. The molecule has 9 nitrogen and oxygen atoms in total. The second-order valence-corrected chi connectivity index (χ2v) is 7.76. The lowest BCUT2D eigenvalue weighted by Crippen LogP contribution is -2.44. The van der Waals surface area contributed by atoms with E-state index in [1.165, 1.54) is 11.3 Å². The molecule has 3 aromatic heterocycles. The molecule has 0 atom stereocenters. The molecule has 1 N–H and O–H groups in total. The van der Waals surface area contributed by atoms with Gasteiger partial charge in [0.2, 0.25) is 5.95 Å². The van der Waals surface area contributed by atoms with E-state index in [0.717, 1.165) is 42.9 Å². The van der Waals surface area contributed by atoms with E-state index in [4.69, 9.17) is 0 Å². The average molecular weight is 403 g/mol. The number of likely N-dealkylation sites (N-methyl/N-ethyl adjacent to an activating group) is 1. The SMILES string of the molecule is CN1CCN(c2cccc(Cn3ncc4cnc(Nc5cnn(C)c5)nc43)c2)CC1. The third kappa shape index (κ3) is 3.84. The van der Waals surface area contributed by atoms with Crippen LogP contribution in [0.4, 0.5) is 17.3 Å². The van der Waals surface area contributed by atoms with Crippen LogP contribution in [0.2, 0.25) is 0 Å². The van der Waals surface area contributed by atoms with Gasteiger partial charge in [0.05, 0.1) is 30.0 Å². The molecule has 0 spiro atoms. The largest absolute Gasteiger partial charge is 0.369 e. The summed E-state index contributed by atoms with van der Waals surface area (Å²) in [5.74, 6) is 0.531. The summed E-state index contributed by atoms with van der Waals surface area (Å²) >= 11 is 0. The summed E-state index contributed by atoms with van der Waals surface area (Å²) in [5, 5.41) is 12.8. The average Bonchev–Trinajstić information content (AvgIpc) is 3.34. The van der Waals surface area contributed by atoms with E-state index in [1.807, 2.05) is 24.1 Å². The molecule has 1 saturated heterocycles. The normalized spacial score (nSPS) is 15.1. The van der Waals surface area contributed by atoms with Gasteiger partial charge in [-0.2, -0.15) is 15.2 Å². The van der Waals surface area contributed by atoms with Gasteiger partial charge in [-0.05, 0) is 24.7 Å². The standard InChI is InChI=1S/C21H25N9/c1-27-6-8-29(9-7-27)19-5-3-4-16(10-19)14-30-20-17(12-24-30)11-22-21(26-20)25-18-13-23-28(2)15-18/h3-5,10-13,15H,6-9,14H2,1-2H3,(H,22,25,26). The number of nitrogens with one attached hydrogen (secondary N) is 1. The van der Waals surface area contributed by atoms with Crippen molar-refractivity contribution in [3.8, 4) is 0 Å². The molecule has 1 fully saturated rings. The molecule has 1 aliphatic heterocycles. The fraction of sp³-hybridized carbons (Fsp3) is 0.333. The van der Waals surface area contributed by atoms with Crippen LogP contribution < -0.4 is 10.2 Å².